The Morgan fingerprint density at radius 1 is 0.926 bits per heavy atom. The van der Waals surface area contributed by atoms with E-state index >= 15 is 0 Å². The van der Waals surface area contributed by atoms with Crippen LogP contribution in [0, 0.1) is 13.8 Å². The molecule has 0 bridgehead atoms. The van der Waals surface area contributed by atoms with Crippen molar-refractivity contribution in [2.45, 2.75) is 20.5 Å². The van der Waals surface area contributed by atoms with E-state index in [1.165, 1.54) is 0 Å². The maximum absolute atomic E-state index is 12.7. The molecule has 3 aromatic rings. The molecule has 3 aromatic carbocycles. The number of ether oxygens (including phenoxy) is 2. The smallest absolute Gasteiger partial charge is 0.255 e. The lowest BCUT2D eigenvalue weighted by atomic mass is 10.1. The quantitative estimate of drug-likeness (QED) is 0.661. The summed E-state index contributed by atoms with van der Waals surface area (Å²) in [5, 5.41) is 2.96. The number of hydrogen-bond donors (Lipinski definition) is 1. The number of rotatable bonds is 6. The molecular weight excluding hydrogens is 338 g/mol. The molecule has 0 radical (unpaired) electrons. The maximum Gasteiger partial charge on any atom is 0.255 e. The number of nitrogens with one attached hydrogen (secondary N) is 1. The summed E-state index contributed by atoms with van der Waals surface area (Å²) in [6, 6.07) is 20.9. The first kappa shape index (κ1) is 18.5. The number of aryl methyl sites for hydroxylation is 2. The molecule has 1 N–H and O–H groups in total. The molecule has 0 aliphatic heterocycles. The van der Waals surface area contributed by atoms with E-state index in [0.29, 0.717) is 17.9 Å². The van der Waals surface area contributed by atoms with Crippen LogP contribution >= 0.6 is 0 Å². The molecule has 0 fully saturated rings. The van der Waals surface area contributed by atoms with Crippen LogP contribution in [-0.4, -0.2) is 13.0 Å². The van der Waals surface area contributed by atoms with Crippen molar-refractivity contribution in [1.82, 2.24) is 0 Å². The van der Waals surface area contributed by atoms with Crippen LogP contribution in [0.15, 0.2) is 66.7 Å². The topological polar surface area (TPSA) is 47.6 Å². The van der Waals surface area contributed by atoms with Crippen molar-refractivity contribution in [3.8, 4) is 11.5 Å². The molecule has 0 saturated heterocycles. The van der Waals surface area contributed by atoms with E-state index in [1.807, 2.05) is 56.3 Å². The van der Waals surface area contributed by atoms with Crippen molar-refractivity contribution in [3.05, 3.63) is 89.0 Å². The Bertz CT molecular complexity index is 915. The van der Waals surface area contributed by atoms with Gasteiger partial charge in [-0.3, -0.25) is 4.79 Å². The predicted molar refractivity (Wildman–Crippen MR) is 108 cm³/mol. The molecule has 0 aromatic heterocycles. The number of benzene rings is 3. The fourth-order valence-corrected chi connectivity index (χ4v) is 2.96. The van der Waals surface area contributed by atoms with Crippen molar-refractivity contribution >= 4 is 11.6 Å². The molecule has 0 saturated carbocycles. The van der Waals surface area contributed by atoms with Gasteiger partial charge in [0.05, 0.1) is 7.11 Å². The highest BCUT2D eigenvalue weighted by Crippen LogP contribution is 2.23. The van der Waals surface area contributed by atoms with Crippen LogP contribution in [0.4, 0.5) is 5.69 Å². The second kappa shape index (κ2) is 8.41. The van der Waals surface area contributed by atoms with E-state index in [9.17, 15) is 4.79 Å². The van der Waals surface area contributed by atoms with Gasteiger partial charge in [0.1, 0.15) is 18.1 Å². The zero-order chi connectivity index (χ0) is 19.2. The Labute approximate surface area is 159 Å². The molecule has 4 nitrogen and oxygen atoms in total. The first-order valence-corrected chi connectivity index (χ1v) is 8.79. The summed E-state index contributed by atoms with van der Waals surface area (Å²) in [5.74, 6) is 1.29. The number of amides is 1. The summed E-state index contributed by atoms with van der Waals surface area (Å²) in [7, 11) is 1.61. The summed E-state index contributed by atoms with van der Waals surface area (Å²) in [6.45, 7) is 4.34. The molecule has 4 heteroatoms. The summed E-state index contributed by atoms with van der Waals surface area (Å²) >= 11 is 0. The minimum Gasteiger partial charge on any atom is -0.496 e. The van der Waals surface area contributed by atoms with Crippen molar-refractivity contribution in [2.75, 3.05) is 12.4 Å². The third kappa shape index (κ3) is 4.88. The van der Waals surface area contributed by atoms with Crippen LogP contribution in [0.3, 0.4) is 0 Å². The molecule has 0 atom stereocenters. The van der Waals surface area contributed by atoms with E-state index in [0.717, 1.165) is 28.1 Å². The van der Waals surface area contributed by atoms with Crippen molar-refractivity contribution in [3.63, 3.8) is 0 Å². The molecule has 138 valence electrons. The van der Waals surface area contributed by atoms with E-state index in [-0.39, 0.29) is 5.91 Å². The first-order valence-electron chi connectivity index (χ1n) is 8.79. The average molecular weight is 361 g/mol. The van der Waals surface area contributed by atoms with Crippen molar-refractivity contribution in [1.29, 1.82) is 0 Å². The van der Waals surface area contributed by atoms with Crippen molar-refractivity contribution in [2.24, 2.45) is 0 Å². The molecule has 0 spiro atoms. The minimum atomic E-state index is -0.163. The number of methoxy groups -OCH3 is 1. The number of carbonyl (C=O) groups is 1. The van der Waals surface area contributed by atoms with Crippen molar-refractivity contribution < 1.29 is 14.3 Å². The van der Waals surface area contributed by atoms with Gasteiger partial charge >= 0.3 is 0 Å². The maximum atomic E-state index is 12.7. The SMILES string of the molecule is COc1ccc(C(=O)Nc2cc(C)cc(C)c2)cc1COc1ccccc1. The highest BCUT2D eigenvalue weighted by molar-refractivity contribution is 6.04. The molecule has 1 amide bonds. The molecule has 0 heterocycles. The number of anilines is 1. The summed E-state index contributed by atoms with van der Waals surface area (Å²) < 4.78 is 11.2. The van der Waals surface area contributed by atoms with Crippen LogP contribution in [0.2, 0.25) is 0 Å². The highest BCUT2D eigenvalue weighted by atomic mass is 16.5. The van der Waals surface area contributed by atoms with Gasteiger partial charge in [-0.1, -0.05) is 24.3 Å². The lowest BCUT2D eigenvalue weighted by molar-refractivity contribution is 0.102. The number of para-hydroxylation sites is 1. The van der Waals surface area contributed by atoms with Gasteiger partial charge in [0.2, 0.25) is 0 Å². The zero-order valence-corrected chi connectivity index (χ0v) is 15.8. The van der Waals surface area contributed by atoms with Crippen LogP contribution in [0.25, 0.3) is 0 Å². The van der Waals surface area contributed by atoms with Crippen LogP contribution < -0.4 is 14.8 Å². The molecule has 3 rings (SSSR count). The van der Waals surface area contributed by atoms with Gasteiger partial charge in [-0.15, -0.1) is 0 Å². The zero-order valence-electron chi connectivity index (χ0n) is 15.8. The van der Waals surface area contributed by atoms with Crippen LogP contribution in [-0.2, 0) is 6.61 Å². The Balaban J connectivity index is 1.78. The lowest BCUT2D eigenvalue weighted by Crippen LogP contribution is -2.13. The molecule has 0 unspecified atom stereocenters. The van der Waals surface area contributed by atoms with E-state index in [4.69, 9.17) is 9.47 Å². The standard InChI is InChI=1S/C23H23NO3/c1-16-11-17(2)13-20(12-16)24-23(25)18-9-10-22(26-3)19(14-18)15-27-21-7-5-4-6-8-21/h4-14H,15H2,1-3H3,(H,24,25). The van der Waals surface area contributed by atoms with Gasteiger partial charge in [-0.2, -0.15) is 0 Å². The van der Waals surface area contributed by atoms with Crippen LogP contribution in [0.5, 0.6) is 11.5 Å². The van der Waals surface area contributed by atoms with Gasteiger partial charge in [0.25, 0.3) is 5.91 Å². The largest absolute Gasteiger partial charge is 0.496 e. The molecule has 27 heavy (non-hydrogen) atoms. The van der Waals surface area contributed by atoms with Crippen LogP contribution in [0.1, 0.15) is 27.0 Å². The normalized spacial score (nSPS) is 10.3. The third-order valence-corrected chi connectivity index (χ3v) is 4.16. The van der Waals surface area contributed by atoms with Gasteiger partial charge in [0, 0.05) is 16.8 Å². The summed E-state index contributed by atoms with van der Waals surface area (Å²) in [4.78, 5) is 12.7. The number of carbonyl (C=O) groups excluding carboxylic acids is 1. The third-order valence-electron chi connectivity index (χ3n) is 4.16. The Hall–Kier alpha value is -3.27. The Morgan fingerprint density at radius 3 is 2.30 bits per heavy atom. The Kier molecular flexibility index (Phi) is 5.77. The predicted octanol–water partition coefficient (Wildman–Crippen LogP) is 5.14. The molecule has 0 aliphatic carbocycles. The van der Waals surface area contributed by atoms with Gasteiger partial charge in [-0.25, -0.2) is 0 Å². The summed E-state index contributed by atoms with van der Waals surface area (Å²) in [6.07, 6.45) is 0. The van der Waals surface area contributed by atoms with Gasteiger partial charge in [0.15, 0.2) is 0 Å². The summed E-state index contributed by atoms with van der Waals surface area (Å²) in [5.41, 5.74) is 4.38. The van der Waals surface area contributed by atoms with Gasteiger partial charge in [-0.05, 0) is 67.4 Å². The fourth-order valence-electron chi connectivity index (χ4n) is 2.96. The average Bonchev–Trinajstić information content (AvgIpc) is 2.66. The highest BCUT2D eigenvalue weighted by Gasteiger charge is 2.12. The molecule has 0 aliphatic rings. The van der Waals surface area contributed by atoms with Gasteiger partial charge < -0.3 is 14.8 Å². The monoisotopic (exact) mass is 361 g/mol. The Morgan fingerprint density at radius 2 is 1.63 bits per heavy atom. The fraction of sp³-hybridized carbons (Fsp3) is 0.174. The van der Waals surface area contributed by atoms with E-state index in [2.05, 4.69) is 11.4 Å². The van der Waals surface area contributed by atoms with E-state index < -0.39 is 0 Å². The molecular formula is C23H23NO3. The lowest BCUT2D eigenvalue weighted by Gasteiger charge is -2.13. The second-order valence-electron chi connectivity index (χ2n) is 6.46. The number of hydrogen-bond acceptors (Lipinski definition) is 3. The minimum absolute atomic E-state index is 0.163. The second-order valence-corrected chi connectivity index (χ2v) is 6.46. The van der Waals surface area contributed by atoms with E-state index in [1.54, 1.807) is 25.3 Å². The first-order chi connectivity index (χ1) is 13.0.